The van der Waals surface area contributed by atoms with Crippen molar-refractivity contribution in [2.75, 3.05) is 5.32 Å². The molecule has 0 atom stereocenters. The normalized spacial score (nSPS) is 10.3. The second-order valence-corrected chi connectivity index (χ2v) is 5.07. The van der Waals surface area contributed by atoms with Crippen LogP contribution in [0.4, 0.5) is 10.1 Å². The molecule has 0 aliphatic carbocycles. The molecule has 2 rings (SSSR count). The number of nitrogens with one attached hydrogen (secondary N) is 1. The van der Waals surface area contributed by atoms with Gasteiger partial charge in [-0.25, -0.2) is 4.39 Å². The Hall–Kier alpha value is -1.59. The van der Waals surface area contributed by atoms with E-state index in [-0.39, 0.29) is 16.5 Å². The Morgan fingerprint density at radius 3 is 2.74 bits per heavy atom. The van der Waals surface area contributed by atoms with E-state index in [9.17, 15) is 14.3 Å². The van der Waals surface area contributed by atoms with Crippen molar-refractivity contribution in [3.63, 3.8) is 0 Å². The summed E-state index contributed by atoms with van der Waals surface area (Å²) in [6.45, 7) is 0. The quantitative estimate of drug-likeness (QED) is 0.802. The maximum atomic E-state index is 13.5. The second kappa shape index (κ2) is 5.59. The molecule has 2 aromatic carbocycles. The Morgan fingerprint density at radius 1 is 1.32 bits per heavy atom. The molecule has 0 saturated heterocycles. The molecule has 1 amide bonds. The highest BCUT2D eigenvalue weighted by molar-refractivity contribution is 9.10. The second-order valence-electron chi connectivity index (χ2n) is 3.75. The predicted octanol–water partition coefficient (Wildman–Crippen LogP) is 4.20. The van der Waals surface area contributed by atoms with Crippen LogP contribution in [0.15, 0.2) is 40.9 Å². The van der Waals surface area contributed by atoms with E-state index in [1.165, 1.54) is 0 Å². The van der Waals surface area contributed by atoms with E-state index in [1.54, 1.807) is 24.3 Å². The largest absolute Gasteiger partial charge is 0.506 e. The molecule has 0 heterocycles. The number of carbonyl (C=O) groups excluding carboxylic acids is 1. The SMILES string of the molecule is O=C(Nc1cc(Cl)c(O)cc1F)c1cccc(Br)c1. The third kappa shape index (κ3) is 3.24. The predicted molar refractivity (Wildman–Crippen MR) is 75.2 cm³/mol. The van der Waals surface area contributed by atoms with Gasteiger partial charge in [-0.3, -0.25) is 4.79 Å². The number of anilines is 1. The van der Waals surface area contributed by atoms with Gasteiger partial charge in [0.25, 0.3) is 5.91 Å². The molecule has 3 nitrogen and oxygen atoms in total. The first-order chi connectivity index (χ1) is 8.97. The van der Waals surface area contributed by atoms with Crippen molar-refractivity contribution < 1.29 is 14.3 Å². The van der Waals surface area contributed by atoms with Crippen LogP contribution in [0, 0.1) is 5.82 Å². The number of benzene rings is 2. The van der Waals surface area contributed by atoms with Gasteiger partial charge in [-0.05, 0) is 24.3 Å². The number of halogens is 3. The van der Waals surface area contributed by atoms with E-state index < -0.39 is 11.7 Å². The van der Waals surface area contributed by atoms with Crippen LogP contribution in [0.25, 0.3) is 0 Å². The van der Waals surface area contributed by atoms with Gasteiger partial charge in [-0.2, -0.15) is 0 Å². The number of hydrogen-bond acceptors (Lipinski definition) is 2. The third-order valence-corrected chi connectivity index (χ3v) is 3.17. The van der Waals surface area contributed by atoms with Gasteiger partial charge in [0.05, 0.1) is 10.7 Å². The lowest BCUT2D eigenvalue weighted by Gasteiger charge is -2.08. The van der Waals surface area contributed by atoms with Crippen LogP contribution in [0.3, 0.4) is 0 Å². The van der Waals surface area contributed by atoms with Crippen molar-refractivity contribution in [2.45, 2.75) is 0 Å². The van der Waals surface area contributed by atoms with Crippen molar-refractivity contribution in [1.29, 1.82) is 0 Å². The summed E-state index contributed by atoms with van der Waals surface area (Å²) >= 11 is 8.91. The molecular weight excluding hydrogens is 337 g/mol. The lowest BCUT2D eigenvalue weighted by molar-refractivity contribution is 0.102. The summed E-state index contributed by atoms with van der Waals surface area (Å²) in [6.07, 6.45) is 0. The molecule has 0 bridgehead atoms. The van der Waals surface area contributed by atoms with Crippen molar-refractivity contribution in [1.82, 2.24) is 0 Å². The minimum atomic E-state index is -0.759. The standard InChI is InChI=1S/C13H8BrClFNO2/c14-8-3-1-2-7(4-8)13(19)17-11-5-9(15)12(18)6-10(11)16/h1-6,18H,(H,17,19). The average Bonchev–Trinajstić information content (AvgIpc) is 2.36. The summed E-state index contributed by atoms with van der Waals surface area (Å²) in [6, 6.07) is 8.67. The van der Waals surface area contributed by atoms with E-state index in [1.807, 2.05) is 0 Å². The zero-order chi connectivity index (χ0) is 14.0. The fourth-order valence-corrected chi connectivity index (χ4v) is 2.02. The molecule has 2 aromatic rings. The highest BCUT2D eigenvalue weighted by Gasteiger charge is 2.12. The molecule has 2 N–H and O–H groups in total. The Labute approximate surface area is 122 Å². The number of phenols is 1. The van der Waals surface area contributed by atoms with Crippen LogP contribution in [0.2, 0.25) is 5.02 Å². The van der Waals surface area contributed by atoms with Crippen LogP contribution < -0.4 is 5.32 Å². The van der Waals surface area contributed by atoms with E-state index in [4.69, 9.17) is 11.6 Å². The van der Waals surface area contributed by atoms with Crippen molar-refractivity contribution >= 4 is 39.1 Å². The Morgan fingerprint density at radius 2 is 2.05 bits per heavy atom. The van der Waals surface area contributed by atoms with E-state index in [0.29, 0.717) is 5.56 Å². The average molecular weight is 345 g/mol. The molecule has 0 aliphatic rings. The molecule has 6 heteroatoms. The number of phenolic OH excluding ortho intramolecular Hbond substituents is 1. The molecule has 98 valence electrons. The van der Waals surface area contributed by atoms with Gasteiger partial charge in [0.1, 0.15) is 5.75 Å². The first-order valence-corrected chi connectivity index (χ1v) is 6.39. The molecule has 0 aromatic heterocycles. The number of hydrogen-bond donors (Lipinski definition) is 2. The van der Waals surface area contributed by atoms with E-state index in [2.05, 4.69) is 21.2 Å². The monoisotopic (exact) mass is 343 g/mol. The van der Waals surface area contributed by atoms with Crippen LogP contribution >= 0.6 is 27.5 Å². The maximum Gasteiger partial charge on any atom is 0.255 e. The van der Waals surface area contributed by atoms with Crippen molar-refractivity contribution in [2.24, 2.45) is 0 Å². The number of carbonyl (C=O) groups is 1. The van der Waals surface area contributed by atoms with Crippen molar-refractivity contribution in [3.8, 4) is 5.75 Å². The fraction of sp³-hybridized carbons (Fsp3) is 0. The topological polar surface area (TPSA) is 49.3 Å². The first-order valence-electron chi connectivity index (χ1n) is 5.22. The highest BCUT2D eigenvalue weighted by atomic mass is 79.9. The molecule has 0 radical (unpaired) electrons. The summed E-state index contributed by atoms with van der Waals surface area (Å²) in [7, 11) is 0. The Kier molecular flexibility index (Phi) is 4.07. The summed E-state index contributed by atoms with van der Waals surface area (Å²) in [4.78, 5) is 11.9. The highest BCUT2D eigenvalue weighted by Crippen LogP contribution is 2.29. The third-order valence-electron chi connectivity index (χ3n) is 2.37. The summed E-state index contributed by atoms with van der Waals surface area (Å²) in [5.74, 6) is -1.60. The minimum absolute atomic E-state index is 0.0362. The molecular formula is C13H8BrClFNO2. The summed E-state index contributed by atoms with van der Waals surface area (Å²) < 4.78 is 14.3. The Balaban J connectivity index is 2.27. The van der Waals surface area contributed by atoms with Gasteiger partial charge in [0, 0.05) is 16.1 Å². The number of amides is 1. The zero-order valence-electron chi connectivity index (χ0n) is 9.45. The smallest absolute Gasteiger partial charge is 0.255 e. The molecule has 0 spiro atoms. The van der Waals surface area contributed by atoms with Gasteiger partial charge in [-0.1, -0.05) is 33.6 Å². The first kappa shape index (κ1) is 13.8. The molecule has 0 saturated carbocycles. The van der Waals surface area contributed by atoms with Gasteiger partial charge in [0.15, 0.2) is 5.82 Å². The fourth-order valence-electron chi connectivity index (χ4n) is 1.46. The molecule has 0 unspecified atom stereocenters. The number of aromatic hydroxyl groups is 1. The lowest BCUT2D eigenvalue weighted by atomic mass is 10.2. The van der Waals surface area contributed by atoms with E-state index >= 15 is 0 Å². The van der Waals surface area contributed by atoms with Crippen LogP contribution in [0.5, 0.6) is 5.75 Å². The van der Waals surface area contributed by atoms with Crippen LogP contribution in [-0.2, 0) is 0 Å². The van der Waals surface area contributed by atoms with Crippen LogP contribution in [-0.4, -0.2) is 11.0 Å². The Bertz CT molecular complexity index is 649. The van der Waals surface area contributed by atoms with Crippen LogP contribution in [0.1, 0.15) is 10.4 Å². The van der Waals surface area contributed by atoms with Gasteiger partial charge in [-0.15, -0.1) is 0 Å². The lowest BCUT2D eigenvalue weighted by Crippen LogP contribution is -2.12. The summed E-state index contributed by atoms with van der Waals surface area (Å²) in [5, 5.41) is 11.6. The van der Waals surface area contributed by atoms with E-state index in [0.717, 1.165) is 16.6 Å². The summed E-state index contributed by atoms with van der Waals surface area (Å²) in [5.41, 5.74) is 0.283. The molecule has 0 fully saturated rings. The molecule has 0 aliphatic heterocycles. The van der Waals surface area contributed by atoms with Gasteiger partial charge >= 0.3 is 0 Å². The van der Waals surface area contributed by atoms with Gasteiger partial charge in [0.2, 0.25) is 0 Å². The zero-order valence-corrected chi connectivity index (χ0v) is 11.8. The molecule has 19 heavy (non-hydrogen) atoms. The number of rotatable bonds is 2. The van der Waals surface area contributed by atoms with Crippen molar-refractivity contribution in [3.05, 3.63) is 57.3 Å². The maximum absolute atomic E-state index is 13.5. The minimum Gasteiger partial charge on any atom is -0.506 e. The van der Waals surface area contributed by atoms with Gasteiger partial charge < -0.3 is 10.4 Å².